The first kappa shape index (κ1) is 27.3. The first-order valence-corrected chi connectivity index (χ1v) is 11.4. The van der Waals surface area contributed by atoms with Crippen molar-refractivity contribution in [2.75, 3.05) is 5.75 Å². The fourth-order valence-corrected chi connectivity index (χ4v) is 4.43. The summed E-state index contributed by atoms with van der Waals surface area (Å²) in [7, 11) is -9.18. The molecule has 0 amide bonds. The molecular weight excluding hydrogens is 577 g/mol. The summed E-state index contributed by atoms with van der Waals surface area (Å²) in [6.45, 7) is 4.70. The van der Waals surface area contributed by atoms with E-state index in [-0.39, 0.29) is 14.7 Å². The smallest absolute Gasteiger partial charge is 0.224 e. The molecule has 0 aliphatic heterocycles. The van der Waals surface area contributed by atoms with Gasteiger partial charge in [-0.05, 0) is 18.2 Å². The minimum Gasteiger partial charge on any atom is -0.224 e. The molecule has 0 aliphatic rings. The van der Waals surface area contributed by atoms with Crippen molar-refractivity contribution in [2.45, 2.75) is 29.2 Å². The quantitative estimate of drug-likeness (QED) is 0.436. The van der Waals surface area contributed by atoms with Crippen LogP contribution in [-0.4, -0.2) is 39.9 Å². The van der Waals surface area contributed by atoms with E-state index < -0.39 is 41.9 Å². The predicted molar refractivity (Wildman–Crippen MR) is 94.6 cm³/mol. The van der Waals surface area contributed by atoms with Crippen molar-refractivity contribution >= 4 is 51.5 Å². The minimum absolute atomic E-state index is 0.110. The average Bonchev–Trinajstić information content (AvgIpc) is 2.53. The van der Waals surface area contributed by atoms with E-state index in [1.807, 2.05) is 0 Å². The van der Waals surface area contributed by atoms with Crippen LogP contribution in [-0.2, 0) is 19.7 Å². The van der Waals surface area contributed by atoms with E-state index >= 15 is 0 Å². The van der Waals surface area contributed by atoms with Crippen molar-refractivity contribution in [1.29, 1.82) is 0 Å². The number of halogens is 9. The maximum Gasteiger partial charge on any atom is 0.461 e. The average molecular weight is 588 g/mol. The highest BCUT2D eigenvalue weighted by Crippen LogP contribution is 2.51. The third kappa shape index (κ3) is 5.92. The van der Waals surface area contributed by atoms with Gasteiger partial charge in [0.1, 0.15) is 0 Å². The summed E-state index contributed by atoms with van der Waals surface area (Å²) in [5.41, 5.74) is 0. The summed E-state index contributed by atoms with van der Waals surface area (Å²) >= 11 is 5.43. The molecule has 0 aromatic heterocycles. The first-order chi connectivity index (χ1) is 12.3. The molecule has 0 saturated carbocycles. The number of benzene rings is 1. The summed E-state index contributed by atoms with van der Waals surface area (Å²) in [5.74, 6) is -6.59. The highest BCUT2D eigenvalue weighted by molar-refractivity contribution is 9.11. The monoisotopic (exact) mass is 586 g/mol. The maximum absolute atomic E-state index is 13.3. The molecule has 0 saturated heterocycles. The summed E-state index contributed by atoms with van der Waals surface area (Å²) in [6.07, 6.45) is -6.73. The zero-order valence-electron chi connectivity index (χ0n) is 13.6. The lowest BCUT2D eigenvalue weighted by atomic mass is 10.3. The van der Waals surface area contributed by atoms with E-state index in [2.05, 4.69) is 38.4 Å². The Kier molecular flexibility index (Phi) is 8.78. The molecule has 1 aromatic carbocycles. The summed E-state index contributed by atoms with van der Waals surface area (Å²) in [4.78, 5) is -1.39. The first-order valence-electron chi connectivity index (χ1n) is 6.65. The van der Waals surface area contributed by atoms with Crippen LogP contribution in [0.5, 0.6) is 0 Å². The zero-order valence-corrected chi connectivity index (χ0v) is 18.4. The van der Waals surface area contributed by atoms with Crippen molar-refractivity contribution in [3.63, 3.8) is 0 Å². The number of alkyl halides is 7. The fraction of sp³-hybridized carbons (Fsp3) is 0.385. The van der Waals surface area contributed by atoms with Gasteiger partial charge in [0.15, 0.2) is 9.84 Å². The molecule has 1 aromatic rings. The van der Waals surface area contributed by atoms with Crippen molar-refractivity contribution in [2.24, 2.45) is 0 Å². The Labute approximate surface area is 172 Å². The van der Waals surface area contributed by atoms with Gasteiger partial charge >= 0.3 is 17.4 Å². The molecule has 0 unspecified atom stereocenters. The second-order valence-corrected chi connectivity index (χ2v) is 10.9. The second-order valence-electron chi connectivity index (χ2n) is 4.82. The van der Waals surface area contributed by atoms with Crippen LogP contribution < -0.4 is 0 Å². The Bertz CT molecular complexity index is 906. The fourth-order valence-electron chi connectivity index (χ4n) is 1.28. The van der Waals surface area contributed by atoms with Crippen LogP contribution in [0.4, 0.5) is 30.7 Å². The molecule has 0 N–H and O–H groups in total. The van der Waals surface area contributed by atoms with E-state index in [0.29, 0.717) is 12.1 Å². The van der Waals surface area contributed by atoms with Crippen molar-refractivity contribution in [3.8, 4) is 0 Å². The molecule has 1 rings (SSSR count). The van der Waals surface area contributed by atoms with Crippen LogP contribution in [0.3, 0.4) is 0 Å². The highest BCUT2D eigenvalue weighted by atomic mass is 79.9. The van der Waals surface area contributed by atoms with E-state index in [9.17, 15) is 47.6 Å². The minimum atomic E-state index is -6.74. The lowest BCUT2D eigenvalue weighted by Crippen LogP contribution is -2.55. The Balaban J connectivity index is 0.000000887. The number of sulfone groups is 2. The van der Waals surface area contributed by atoms with Crippen LogP contribution in [0.15, 0.2) is 44.0 Å². The molecule has 15 heteroatoms. The van der Waals surface area contributed by atoms with Crippen LogP contribution in [0, 0.1) is 0 Å². The number of hydrogen-bond acceptors (Lipinski definition) is 4. The normalized spacial score (nSPS) is 13.5. The van der Waals surface area contributed by atoms with E-state index in [4.69, 9.17) is 0 Å². The van der Waals surface area contributed by atoms with Gasteiger partial charge in [0.25, 0.3) is 0 Å². The van der Waals surface area contributed by atoms with Crippen LogP contribution in [0.1, 0.15) is 6.92 Å². The van der Waals surface area contributed by atoms with Crippen molar-refractivity contribution in [1.82, 2.24) is 0 Å². The maximum atomic E-state index is 13.3. The largest absolute Gasteiger partial charge is 0.461 e. The topological polar surface area (TPSA) is 68.3 Å². The van der Waals surface area contributed by atoms with Gasteiger partial charge in [0, 0.05) is 14.4 Å². The number of rotatable bonds is 5. The van der Waals surface area contributed by atoms with Crippen LogP contribution in [0.2, 0.25) is 0 Å². The Morgan fingerprint density at radius 2 is 1.32 bits per heavy atom. The Hall–Kier alpha value is -0.670. The second kappa shape index (κ2) is 9.00. The molecule has 0 radical (unpaired) electrons. The molecular formula is C13H11Br2F7O4S2. The van der Waals surface area contributed by atoms with Gasteiger partial charge < -0.3 is 0 Å². The van der Waals surface area contributed by atoms with Gasteiger partial charge in [-0.1, -0.05) is 45.4 Å². The zero-order chi connectivity index (χ0) is 22.8. The third-order valence-electron chi connectivity index (χ3n) is 2.86. The third-order valence-corrected chi connectivity index (χ3v) is 6.88. The van der Waals surface area contributed by atoms with Gasteiger partial charge in [-0.25, -0.2) is 16.8 Å². The van der Waals surface area contributed by atoms with Crippen LogP contribution >= 0.6 is 31.9 Å². The SMILES string of the molecule is C=CS(=O)(=O)CC.O=S(=O)(c1cc(Br)cc(Br)c1)C(F)(F)C(F)(F)C(F)(F)F. The molecule has 162 valence electrons. The number of hydrogen-bond donors (Lipinski definition) is 0. The Morgan fingerprint density at radius 3 is 1.57 bits per heavy atom. The summed E-state index contributed by atoms with van der Waals surface area (Å²) in [6, 6.07) is 2.15. The van der Waals surface area contributed by atoms with E-state index in [1.165, 1.54) is 6.07 Å². The Morgan fingerprint density at radius 1 is 0.929 bits per heavy atom. The molecule has 0 heterocycles. The van der Waals surface area contributed by atoms with Gasteiger partial charge in [0.2, 0.25) is 9.84 Å². The van der Waals surface area contributed by atoms with Gasteiger partial charge in [0.05, 0.1) is 10.6 Å². The lowest BCUT2D eigenvalue weighted by molar-refractivity contribution is -0.332. The van der Waals surface area contributed by atoms with Crippen molar-refractivity contribution in [3.05, 3.63) is 39.1 Å². The highest BCUT2D eigenvalue weighted by Gasteiger charge is 2.78. The standard InChI is InChI=1S/C9H3Br2F7O2S.C4H8O2S/c10-4-1-5(11)3-6(2-4)21(19,20)9(17,18)7(12,13)8(14,15)16;1-3-7(5,6)4-2/h1-3H;3H,1,4H2,2H3. The molecule has 0 bridgehead atoms. The van der Waals surface area contributed by atoms with Gasteiger partial charge in [-0.15, -0.1) is 0 Å². The summed E-state index contributed by atoms with van der Waals surface area (Å²) < 4.78 is 132. The van der Waals surface area contributed by atoms with Gasteiger partial charge in [-0.2, -0.15) is 30.7 Å². The molecule has 28 heavy (non-hydrogen) atoms. The molecule has 0 fully saturated rings. The molecule has 0 spiro atoms. The predicted octanol–water partition coefficient (Wildman–Crippen LogP) is 5.34. The lowest BCUT2D eigenvalue weighted by Gasteiger charge is -2.27. The van der Waals surface area contributed by atoms with Crippen LogP contribution in [0.25, 0.3) is 0 Å². The van der Waals surface area contributed by atoms with Crippen molar-refractivity contribution < 1.29 is 47.6 Å². The van der Waals surface area contributed by atoms with E-state index in [0.717, 1.165) is 5.41 Å². The molecule has 0 atom stereocenters. The van der Waals surface area contributed by atoms with Gasteiger partial charge in [-0.3, -0.25) is 0 Å². The summed E-state index contributed by atoms with van der Waals surface area (Å²) in [5, 5.41) is -5.40. The molecule has 4 nitrogen and oxygen atoms in total. The molecule has 0 aliphatic carbocycles. The van der Waals surface area contributed by atoms with E-state index in [1.54, 1.807) is 6.92 Å².